The lowest BCUT2D eigenvalue weighted by Gasteiger charge is -1.97. The van der Waals surface area contributed by atoms with Crippen LogP contribution < -0.4 is 0 Å². The molecule has 0 aliphatic heterocycles. The minimum atomic E-state index is -0.400. The quantitative estimate of drug-likeness (QED) is 0.680. The molecule has 0 bridgehead atoms. The number of aromatic amines is 2. The molecule has 1 unspecified atom stereocenters. The summed E-state index contributed by atoms with van der Waals surface area (Å²) in [7, 11) is -0.400. The number of phenolic OH excluding ortho intramolecular Hbond substituents is 1. The predicted molar refractivity (Wildman–Crippen MR) is 62.5 cm³/mol. The van der Waals surface area contributed by atoms with Crippen LogP contribution in [0.25, 0.3) is 4.90 Å². The van der Waals surface area contributed by atoms with Gasteiger partial charge in [0.1, 0.15) is 16.4 Å². The van der Waals surface area contributed by atoms with E-state index in [9.17, 15) is 0 Å². The third-order valence-corrected chi connectivity index (χ3v) is 3.92. The molecule has 1 heterocycles. The number of H-pyrrole nitrogens is 2. The monoisotopic (exact) mass is 264 g/mol. The molecule has 0 aliphatic rings. The van der Waals surface area contributed by atoms with Crippen molar-refractivity contribution in [2.24, 2.45) is 0 Å². The Morgan fingerprint density at radius 3 is 2.53 bits per heavy atom. The molecule has 0 saturated carbocycles. The lowest BCUT2D eigenvalue weighted by molar-refractivity contribution is 0.475. The molecule has 80 valence electrons. The van der Waals surface area contributed by atoms with Crippen molar-refractivity contribution in [3.05, 3.63) is 34.8 Å². The number of hydrogen-bond acceptors (Lipinski definition) is 1. The highest BCUT2D eigenvalue weighted by Crippen LogP contribution is 2.29. The first-order valence-electron chi connectivity index (χ1n) is 4.03. The summed E-state index contributed by atoms with van der Waals surface area (Å²) in [5.74, 6) is 0.232. The van der Waals surface area contributed by atoms with Crippen molar-refractivity contribution in [3.63, 3.8) is 0 Å². The molecule has 0 radical (unpaired) electrons. The van der Waals surface area contributed by atoms with Gasteiger partial charge in [0, 0.05) is 12.1 Å². The van der Waals surface area contributed by atoms with Crippen molar-refractivity contribution in [3.8, 4) is 10.6 Å². The van der Waals surface area contributed by atoms with Crippen molar-refractivity contribution in [1.29, 1.82) is 0 Å². The van der Waals surface area contributed by atoms with Crippen LogP contribution in [0, 0.1) is 0 Å². The summed E-state index contributed by atoms with van der Waals surface area (Å²) < 4.78 is 4.13. The summed E-state index contributed by atoms with van der Waals surface area (Å²) in [6, 6.07) is 6.85. The van der Waals surface area contributed by atoms with Gasteiger partial charge in [-0.3, -0.25) is 5.10 Å². The van der Waals surface area contributed by atoms with Gasteiger partial charge in [0.2, 0.25) is 10.3 Å². The van der Waals surface area contributed by atoms with Crippen LogP contribution in [0.5, 0.6) is 5.75 Å². The van der Waals surface area contributed by atoms with Crippen molar-refractivity contribution in [2.45, 2.75) is 0 Å². The van der Waals surface area contributed by atoms with Crippen LogP contribution in [0.1, 0.15) is 0 Å². The molecular formula is C8H8Cl2N3OS+. The maximum atomic E-state index is 9.15. The number of phenols is 1. The first-order chi connectivity index (χ1) is 7.15. The van der Waals surface area contributed by atoms with E-state index < -0.39 is 10.7 Å². The summed E-state index contributed by atoms with van der Waals surface area (Å²) in [6.07, 6.45) is 0. The van der Waals surface area contributed by atoms with Crippen LogP contribution in [0.2, 0.25) is 5.15 Å². The van der Waals surface area contributed by atoms with Gasteiger partial charge < -0.3 is 5.11 Å². The van der Waals surface area contributed by atoms with E-state index in [1.54, 1.807) is 12.1 Å². The molecule has 0 saturated heterocycles. The third-order valence-electron chi connectivity index (χ3n) is 1.70. The van der Waals surface area contributed by atoms with E-state index in [2.05, 4.69) is 9.59 Å². The molecule has 1 atom stereocenters. The zero-order valence-corrected chi connectivity index (χ0v) is 9.77. The van der Waals surface area contributed by atoms with Crippen LogP contribution >= 0.6 is 34.0 Å². The fraction of sp³-hybridized carbons (Fsp3) is 0. The molecule has 0 aliphatic carbocycles. The molecule has 3 N–H and O–H groups in total. The average molecular weight is 265 g/mol. The van der Waals surface area contributed by atoms with Gasteiger partial charge >= 0.3 is 0 Å². The lowest BCUT2D eigenvalue weighted by atomic mass is 10.3. The van der Waals surface area contributed by atoms with Crippen molar-refractivity contribution in [2.75, 3.05) is 0 Å². The fourth-order valence-corrected chi connectivity index (χ4v) is 2.98. The van der Waals surface area contributed by atoms with E-state index in [4.69, 9.17) is 28.5 Å². The Bertz CT molecular complexity index is 471. The Kier molecular flexibility index (Phi) is 2.95. The fourth-order valence-electron chi connectivity index (χ4n) is 1.07. The third kappa shape index (κ3) is 2.50. The van der Waals surface area contributed by atoms with Crippen LogP contribution in [0.3, 0.4) is 0 Å². The first kappa shape index (κ1) is 10.5. The van der Waals surface area contributed by atoms with Crippen LogP contribution in [0.4, 0.5) is 0 Å². The standard InChI is InChI=1S/C8H7Cl2N3OS/c9-8-5-15(12-13(10)11-8)7-3-1-6(14)2-4-7/h1-5,11-12H/p+1. The van der Waals surface area contributed by atoms with E-state index >= 15 is 0 Å². The second-order valence-corrected chi connectivity index (χ2v) is 5.09. The lowest BCUT2D eigenvalue weighted by Crippen LogP contribution is -1.95. The molecule has 2 rings (SSSR count). The number of aromatic hydroxyl groups is 1. The van der Waals surface area contributed by atoms with Crippen LogP contribution in [-0.4, -0.2) is 19.0 Å². The van der Waals surface area contributed by atoms with Crippen molar-refractivity contribution >= 4 is 34.0 Å². The Labute approximate surface area is 98.6 Å². The van der Waals surface area contributed by atoms with Crippen molar-refractivity contribution < 1.29 is 5.11 Å². The maximum Gasteiger partial charge on any atom is 0.204 e. The average Bonchev–Trinajstić information content (AvgIpc) is 2.17. The number of benzene rings is 1. The Balaban J connectivity index is 2.49. The van der Waals surface area contributed by atoms with Gasteiger partial charge in [-0.05, 0) is 12.1 Å². The second kappa shape index (κ2) is 4.22. The Hall–Kier alpha value is -1.04. The minimum Gasteiger partial charge on any atom is -0.508 e. The molecule has 1 aromatic carbocycles. The number of halogens is 2. The summed E-state index contributed by atoms with van der Waals surface area (Å²) in [6.45, 7) is 0. The Morgan fingerprint density at radius 2 is 1.93 bits per heavy atom. The molecule has 0 spiro atoms. The number of nitrogens with zero attached hydrogens (tertiary/aromatic N) is 1. The number of rotatable bonds is 1. The summed E-state index contributed by atoms with van der Waals surface area (Å²) in [4.78, 5) is 0.984. The van der Waals surface area contributed by atoms with E-state index in [-0.39, 0.29) is 5.75 Å². The van der Waals surface area contributed by atoms with Gasteiger partial charge in [-0.15, -0.1) is 0 Å². The van der Waals surface area contributed by atoms with E-state index in [1.165, 1.54) is 4.32 Å². The molecule has 1 aromatic heterocycles. The summed E-state index contributed by atoms with van der Waals surface area (Å²) in [5.41, 5.74) is 0. The highest BCUT2D eigenvalue weighted by Gasteiger charge is 2.10. The van der Waals surface area contributed by atoms with Crippen molar-refractivity contribution in [1.82, 2.24) is 13.9 Å². The van der Waals surface area contributed by atoms with Crippen LogP contribution in [-0.2, 0) is 0 Å². The van der Waals surface area contributed by atoms with Gasteiger partial charge in [0.05, 0.1) is 11.8 Å². The summed E-state index contributed by atoms with van der Waals surface area (Å²) in [5, 5.41) is 14.1. The summed E-state index contributed by atoms with van der Waals surface area (Å²) >= 11 is 11.6. The van der Waals surface area contributed by atoms with Crippen LogP contribution in [0.15, 0.2) is 29.6 Å². The maximum absolute atomic E-state index is 9.15. The SMILES string of the molecule is Oc1ccc(-[s+]2cc(Cl)[nH]n(Cl)[nH]2)cc1. The smallest absolute Gasteiger partial charge is 0.204 e. The van der Waals surface area contributed by atoms with Gasteiger partial charge in [-0.2, -0.15) is 0 Å². The number of hydrogen-bond donors (Lipinski definition) is 3. The second-order valence-electron chi connectivity index (χ2n) is 2.78. The van der Waals surface area contributed by atoms with Gasteiger partial charge in [-0.25, -0.2) is 0 Å². The topological polar surface area (TPSA) is 56.7 Å². The molecule has 7 heteroatoms. The number of aromatic nitrogens is 3. The van der Waals surface area contributed by atoms with E-state index in [1.807, 2.05) is 17.5 Å². The zero-order chi connectivity index (χ0) is 10.8. The molecule has 15 heavy (non-hydrogen) atoms. The molecule has 0 amide bonds. The largest absolute Gasteiger partial charge is 0.508 e. The molecule has 4 nitrogen and oxygen atoms in total. The highest BCUT2D eigenvalue weighted by atomic mass is 35.5. The molecule has 2 aromatic rings. The highest BCUT2D eigenvalue weighted by molar-refractivity contribution is 7.33. The van der Waals surface area contributed by atoms with Gasteiger partial charge in [0.25, 0.3) is 0 Å². The van der Waals surface area contributed by atoms with Gasteiger partial charge in [-0.1, -0.05) is 20.4 Å². The minimum absolute atomic E-state index is 0.232. The predicted octanol–water partition coefficient (Wildman–Crippen LogP) is 3.37. The first-order valence-corrected chi connectivity index (χ1v) is 6.04. The zero-order valence-electron chi connectivity index (χ0n) is 7.45. The Morgan fingerprint density at radius 1 is 1.27 bits per heavy atom. The molecular weight excluding hydrogens is 257 g/mol. The van der Waals surface area contributed by atoms with E-state index in [0.717, 1.165) is 4.90 Å². The normalized spacial score (nSPS) is 11.5. The molecule has 0 fully saturated rings. The van der Waals surface area contributed by atoms with E-state index in [0.29, 0.717) is 5.15 Å². The van der Waals surface area contributed by atoms with Gasteiger partial charge in [0.15, 0.2) is 5.15 Å². The number of nitrogens with one attached hydrogen (secondary N) is 2.